The van der Waals surface area contributed by atoms with E-state index in [0.717, 1.165) is 19.5 Å². The van der Waals surface area contributed by atoms with E-state index < -0.39 is 0 Å². The summed E-state index contributed by atoms with van der Waals surface area (Å²) in [6, 6.07) is 10.2. The summed E-state index contributed by atoms with van der Waals surface area (Å²) in [5, 5.41) is 0. The van der Waals surface area contributed by atoms with E-state index in [4.69, 9.17) is 0 Å². The number of rotatable bonds is 5. The van der Waals surface area contributed by atoms with Gasteiger partial charge in [-0.2, -0.15) is 0 Å². The molecule has 94 valence electrons. The van der Waals surface area contributed by atoms with Crippen molar-refractivity contribution < 1.29 is 4.79 Å². The second-order valence-corrected chi connectivity index (χ2v) is 4.20. The van der Waals surface area contributed by atoms with Gasteiger partial charge in [-0.25, -0.2) is 4.79 Å². The lowest BCUT2D eigenvalue weighted by Gasteiger charge is -2.27. The molecule has 3 heteroatoms. The van der Waals surface area contributed by atoms with Gasteiger partial charge in [0.2, 0.25) is 0 Å². The molecule has 1 rings (SSSR count). The summed E-state index contributed by atoms with van der Waals surface area (Å²) in [4.78, 5) is 15.8. The predicted molar refractivity (Wildman–Crippen MR) is 70.8 cm³/mol. The summed E-state index contributed by atoms with van der Waals surface area (Å²) in [5.74, 6) is 0. The highest BCUT2D eigenvalue weighted by molar-refractivity contribution is 5.74. The Labute approximate surface area is 104 Å². The van der Waals surface area contributed by atoms with Crippen molar-refractivity contribution in [2.24, 2.45) is 0 Å². The SMILES string of the molecule is CCCN(Cc1ccccc1)C(=O)N(C)CC. The molecule has 2 amide bonds. The Morgan fingerprint density at radius 3 is 2.35 bits per heavy atom. The van der Waals surface area contributed by atoms with Gasteiger partial charge in [0.15, 0.2) is 0 Å². The normalized spacial score (nSPS) is 10.1. The molecule has 1 aromatic carbocycles. The highest BCUT2D eigenvalue weighted by atomic mass is 16.2. The van der Waals surface area contributed by atoms with Gasteiger partial charge >= 0.3 is 6.03 Å². The van der Waals surface area contributed by atoms with Crippen molar-refractivity contribution in [1.82, 2.24) is 9.80 Å². The summed E-state index contributed by atoms with van der Waals surface area (Å²) in [6.45, 7) is 6.32. The van der Waals surface area contributed by atoms with Crippen LogP contribution >= 0.6 is 0 Å². The van der Waals surface area contributed by atoms with Crippen LogP contribution in [-0.4, -0.2) is 36.0 Å². The maximum absolute atomic E-state index is 12.1. The van der Waals surface area contributed by atoms with Gasteiger partial charge in [-0.3, -0.25) is 0 Å². The first-order valence-corrected chi connectivity index (χ1v) is 6.23. The molecule has 0 spiro atoms. The molecule has 0 radical (unpaired) electrons. The van der Waals surface area contributed by atoms with Crippen molar-refractivity contribution in [2.45, 2.75) is 26.8 Å². The monoisotopic (exact) mass is 234 g/mol. The fourth-order valence-corrected chi connectivity index (χ4v) is 1.69. The standard InChI is InChI=1S/C14H22N2O/c1-4-11-16(14(17)15(3)5-2)12-13-9-7-6-8-10-13/h6-10H,4-5,11-12H2,1-3H3. The molecule has 0 heterocycles. The van der Waals surface area contributed by atoms with E-state index in [1.165, 1.54) is 5.56 Å². The summed E-state index contributed by atoms with van der Waals surface area (Å²) < 4.78 is 0. The van der Waals surface area contributed by atoms with Gasteiger partial charge in [-0.15, -0.1) is 0 Å². The predicted octanol–water partition coefficient (Wildman–Crippen LogP) is 2.97. The Balaban J connectivity index is 2.69. The number of hydrogen-bond donors (Lipinski definition) is 0. The summed E-state index contributed by atoms with van der Waals surface area (Å²) in [6.07, 6.45) is 0.982. The lowest BCUT2D eigenvalue weighted by Crippen LogP contribution is -2.41. The average Bonchev–Trinajstić information content (AvgIpc) is 2.37. The first-order chi connectivity index (χ1) is 8.19. The molecule has 1 aromatic rings. The number of hydrogen-bond acceptors (Lipinski definition) is 1. The number of nitrogens with zero attached hydrogens (tertiary/aromatic N) is 2. The second-order valence-electron chi connectivity index (χ2n) is 4.20. The molecule has 0 aliphatic carbocycles. The van der Waals surface area contributed by atoms with Gasteiger partial charge < -0.3 is 9.80 Å². The van der Waals surface area contributed by atoms with Crippen LogP contribution in [0, 0.1) is 0 Å². The first-order valence-electron chi connectivity index (χ1n) is 6.23. The van der Waals surface area contributed by atoms with Crippen LogP contribution in [0.25, 0.3) is 0 Å². The van der Waals surface area contributed by atoms with E-state index in [0.29, 0.717) is 6.54 Å². The van der Waals surface area contributed by atoms with Gasteiger partial charge in [0.05, 0.1) is 0 Å². The maximum Gasteiger partial charge on any atom is 0.320 e. The third kappa shape index (κ3) is 4.10. The zero-order chi connectivity index (χ0) is 12.7. The molecule has 0 fully saturated rings. The fourth-order valence-electron chi connectivity index (χ4n) is 1.69. The first kappa shape index (κ1) is 13.6. The van der Waals surface area contributed by atoms with E-state index in [1.54, 1.807) is 4.90 Å². The third-order valence-corrected chi connectivity index (χ3v) is 2.78. The van der Waals surface area contributed by atoms with E-state index in [2.05, 4.69) is 19.1 Å². The molecule has 17 heavy (non-hydrogen) atoms. The zero-order valence-electron chi connectivity index (χ0n) is 11.0. The van der Waals surface area contributed by atoms with Gasteiger partial charge in [0, 0.05) is 26.7 Å². The van der Waals surface area contributed by atoms with Crippen molar-refractivity contribution >= 4 is 6.03 Å². The molecular weight excluding hydrogens is 212 g/mol. The van der Waals surface area contributed by atoms with E-state index in [1.807, 2.05) is 37.1 Å². The Hall–Kier alpha value is -1.51. The van der Waals surface area contributed by atoms with Gasteiger partial charge in [-0.05, 0) is 18.9 Å². The molecule has 0 atom stereocenters. The number of amides is 2. The Morgan fingerprint density at radius 2 is 1.82 bits per heavy atom. The van der Waals surface area contributed by atoms with E-state index in [9.17, 15) is 4.79 Å². The minimum atomic E-state index is 0.109. The van der Waals surface area contributed by atoms with Crippen molar-refractivity contribution in [3.8, 4) is 0 Å². The largest absolute Gasteiger partial charge is 0.328 e. The molecule has 0 saturated heterocycles. The number of carbonyl (C=O) groups excluding carboxylic acids is 1. The summed E-state index contributed by atoms with van der Waals surface area (Å²) in [5.41, 5.74) is 1.18. The van der Waals surface area contributed by atoms with Crippen LogP contribution in [0.5, 0.6) is 0 Å². The van der Waals surface area contributed by atoms with E-state index >= 15 is 0 Å². The smallest absolute Gasteiger partial charge is 0.320 e. The molecule has 0 aliphatic heterocycles. The Morgan fingerprint density at radius 1 is 1.18 bits per heavy atom. The van der Waals surface area contributed by atoms with Crippen LogP contribution in [-0.2, 0) is 6.54 Å². The Bertz CT molecular complexity index is 337. The highest BCUT2D eigenvalue weighted by Crippen LogP contribution is 2.07. The van der Waals surface area contributed by atoms with Crippen LogP contribution in [0.1, 0.15) is 25.8 Å². The third-order valence-electron chi connectivity index (χ3n) is 2.78. The van der Waals surface area contributed by atoms with Crippen molar-refractivity contribution in [3.63, 3.8) is 0 Å². The second kappa shape index (κ2) is 6.94. The molecule has 0 bridgehead atoms. The number of carbonyl (C=O) groups is 1. The lowest BCUT2D eigenvalue weighted by atomic mass is 10.2. The van der Waals surface area contributed by atoms with Gasteiger partial charge in [0.1, 0.15) is 0 Å². The molecule has 0 aromatic heterocycles. The van der Waals surface area contributed by atoms with Crippen molar-refractivity contribution in [1.29, 1.82) is 0 Å². The maximum atomic E-state index is 12.1. The van der Waals surface area contributed by atoms with Gasteiger partial charge in [-0.1, -0.05) is 37.3 Å². The zero-order valence-corrected chi connectivity index (χ0v) is 11.0. The summed E-state index contributed by atoms with van der Waals surface area (Å²) >= 11 is 0. The van der Waals surface area contributed by atoms with Crippen LogP contribution in [0.2, 0.25) is 0 Å². The van der Waals surface area contributed by atoms with Crippen LogP contribution in [0.15, 0.2) is 30.3 Å². The van der Waals surface area contributed by atoms with Crippen molar-refractivity contribution in [3.05, 3.63) is 35.9 Å². The quantitative estimate of drug-likeness (QED) is 0.768. The van der Waals surface area contributed by atoms with Crippen LogP contribution in [0.4, 0.5) is 4.79 Å². The molecular formula is C14H22N2O. The van der Waals surface area contributed by atoms with Crippen LogP contribution in [0.3, 0.4) is 0 Å². The molecule has 0 unspecified atom stereocenters. The molecule has 0 aliphatic rings. The molecule has 0 saturated carbocycles. The van der Waals surface area contributed by atoms with Gasteiger partial charge in [0.25, 0.3) is 0 Å². The van der Waals surface area contributed by atoms with Crippen molar-refractivity contribution in [2.75, 3.05) is 20.1 Å². The topological polar surface area (TPSA) is 23.6 Å². The highest BCUT2D eigenvalue weighted by Gasteiger charge is 2.15. The minimum Gasteiger partial charge on any atom is -0.328 e. The number of urea groups is 1. The molecule has 0 N–H and O–H groups in total. The summed E-state index contributed by atoms with van der Waals surface area (Å²) in [7, 11) is 1.84. The number of benzene rings is 1. The fraction of sp³-hybridized carbons (Fsp3) is 0.500. The Kier molecular flexibility index (Phi) is 5.53. The molecule has 3 nitrogen and oxygen atoms in total. The van der Waals surface area contributed by atoms with Crippen LogP contribution < -0.4 is 0 Å². The average molecular weight is 234 g/mol. The lowest BCUT2D eigenvalue weighted by molar-refractivity contribution is 0.162. The minimum absolute atomic E-state index is 0.109. The van der Waals surface area contributed by atoms with E-state index in [-0.39, 0.29) is 6.03 Å².